The largest absolute Gasteiger partial charge is 0.497 e. The van der Waals surface area contributed by atoms with Gasteiger partial charge in [0.25, 0.3) is 5.91 Å². The van der Waals surface area contributed by atoms with Crippen LogP contribution in [0.2, 0.25) is 0 Å². The van der Waals surface area contributed by atoms with Crippen molar-refractivity contribution in [1.82, 2.24) is 9.55 Å². The number of aromatic nitrogens is 2. The molecular weight excluding hydrogens is 464 g/mol. The summed E-state index contributed by atoms with van der Waals surface area (Å²) in [5.74, 6) is 0.708. The van der Waals surface area contributed by atoms with Gasteiger partial charge in [-0.15, -0.1) is 0 Å². The van der Waals surface area contributed by atoms with Gasteiger partial charge in [-0.1, -0.05) is 48.5 Å². The number of carbonyl (C=O) groups excluding carboxylic acids is 2. The summed E-state index contributed by atoms with van der Waals surface area (Å²) < 4.78 is 12.1. The maximum Gasteiger partial charge on any atom is 0.264 e. The van der Waals surface area contributed by atoms with Crippen LogP contribution in [0.15, 0.2) is 109 Å². The van der Waals surface area contributed by atoms with Crippen LogP contribution in [0.3, 0.4) is 0 Å². The van der Waals surface area contributed by atoms with Gasteiger partial charge in [-0.25, -0.2) is 4.98 Å². The van der Waals surface area contributed by atoms with Crippen LogP contribution in [0.4, 0.5) is 0 Å². The van der Waals surface area contributed by atoms with Gasteiger partial charge in [-0.2, -0.15) is 0 Å². The Hall–Kier alpha value is -4.97. The Balaban J connectivity index is 1.81. The van der Waals surface area contributed by atoms with Crippen LogP contribution in [0.1, 0.15) is 26.5 Å². The Morgan fingerprint density at radius 3 is 1.62 bits per heavy atom. The SMILES string of the molecule is COc1ccc(-c2nc(C(=O)c3ccccc3)n(C(=O)c3ccccc3)c2-c2ccc(OC)cc2)cc1. The topological polar surface area (TPSA) is 70.4 Å². The molecule has 0 bridgehead atoms. The second-order valence-corrected chi connectivity index (χ2v) is 8.29. The number of rotatable bonds is 7. The molecule has 1 heterocycles. The number of benzene rings is 4. The number of ketones is 1. The first-order chi connectivity index (χ1) is 18.1. The minimum Gasteiger partial charge on any atom is -0.497 e. The van der Waals surface area contributed by atoms with Crippen molar-refractivity contribution in [2.45, 2.75) is 0 Å². The van der Waals surface area contributed by atoms with Crippen LogP contribution in [-0.4, -0.2) is 35.5 Å². The average molecular weight is 489 g/mol. The van der Waals surface area contributed by atoms with Crippen molar-refractivity contribution in [2.24, 2.45) is 0 Å². The number of hydrogen-bond donors (Lipinski definition) is 0. The van der Waals surface area contributed by atoms with Crippen molar-refractivity contribution in [3.8, 4) is 34.0 Å². The van der Waals surface area contributed by atoms with Crippen LogP contribution < -0.4 is 9.47 Å². The molecule has 0 unspecified atom stereocenters. The molecule has 0 atom stereocenters. The van der Waals surface area contributed by atoms with Crippen LogP contribution in [-0.2, 0) is 0 Å². The summed E-state index contributed by atoms with van der Waals surface area (Å²) in [6.07, 6.45) is 0. The van der Waals surface area contributed by atoms with Gasteiger partial charge >= 0.3 is 0 Å². The van der Waals surface area contributed by atoms with Gasteiger partial charge in [0.2, 0.25) is 5.78 Å². The lowest BCUT2D eigenvalue weighted by atomic mass is 10.0. The van der Waals surface area contributed by atoms with Crippen LogP contribution >= 0.6 is 0 Å². The second-order valence-electron chi connectivity index (χ2n) is 8.29. The quantitative estimate of drug-likeness (QED) is 0.257. The van der Waals surface area contributed by atoms with E-state index in [2.05, 4.69) is 0 Å². The molecule has 6 nitrogen and oxygen atoms in total. The fourth-order valence-corrected chi connectivity index (χ4v) is 4.16. The lowest BCUT2D eigenvalue weighted by Crippen LogP contribution is -2.20. The normalized spacial score (nSPS) is 10.6. The third kappa shape index (κ3) is 4.65. The summed E-state index contributed by atoms with van der Waals surface area (Å²) in [7, 11) is 3.19. The number of hydrogen-bond acceptors (Lipinski definition) is 5. The minimum absolute atomic E-state index is 0.0386. The molecule has 0 aliphatic heterocycles. The van der Waals surface area contributed by atoms with E-state index in [1.165, 1.54) is 4.57 Å². The highest BCUT2D eigenvalue weighted by atomic mass is 16.5. The number of imidazole rings is 1. The van der Waals surface area contributed by atoms with Crippen LogP contribution in [0.25, 0.3) is 22.5 Å². The molecule has 0 saturated carbocycles. The molecule has 37 heavy (non-hydrogen) atoms. The average Bonchev–Trinajstić information content (AvgIpc) is 3.38. The first-order valence-electron chi connectivity index (χ1n) is 11.7. The fraction of sp³-hybridized carbons (Fsp3) is 0.0645. The molecule has 6 heteroatoms. The molecule has 0 fully saturated rings. The van der Waals surface area contributed by atoms with E-state index in [9.17, 15) is 9.59 Å². The van der Waals surface area contributed by atoms with Crippen LogP contribution in [0.5, 0.6) is 11.5 Å². The molecular formula is C31H24N2O4. The van der Waals surface area contributed by atoms with E-state index in [1.807, 2.05) is 60.7 Å². The lowest BCUT2D eigenvalue weighted by molar-refractivity contribution is 0.0932. The highest BCUT2D eigenvalue weighted by molar-refractivity contribution is 6.12. The molecule has 5 rings (SSSR count). The fourth-order valence-electron chi connectivity index (χ4n) is 4.16. The van der Waals surface area contributed by atoms with Crippen molar-refractivity contribution in [3.05, 3.63) is 126 Å². The molecule has 0 aliphatic rings. The van der Waals surface area contributed by atoms with Gasteiger partial charge in [0.1, 0.15) is 11.5 Å². The Labute approximate surface area is 214 Å². The van der Waals surface area contributed by atoms with E-state index in [-0.39, 0.29) is 17.5 Å². The molecule has 5 aromatic rings. The van der Waals surface area contributed by atoms with Crippen molar-refractivity contribution in [3.63, 3.8) is 0 Å². The monoisotopic (exact) mass is 488 g/mol. The summed E-state index contributed by atoms with van der Waals surface area (Å²) in [5.41, 5.74) is 3.37. The molecule has 0 spiro atoms. The number of methoxy groups -OCH3 is 2. The molecule has 0 aliphatic carbocycles. The molecule has 1 aromatic heterocycles. The zero-order valence-electron chi connectivity index (χ0n) is 20.4. The van der Waals surface area contributed by atoms with Crippen molar-refractivity contribution < 1.29 is 19.1 Å². The third-order valence-corrected chi connectivity index (χ3v) is 6.07. The first kappa shape index (κ1) is 23.8. The Morgan fingerprint density at radius 2 is 1.11 bits per heavy atom. The van der Waals surface area contributed by atoms with Gasteiger partial charge in [0, 0.05) is 22.3 Å². The number of nitrogens with zero attached hydrogens (tertiary/aromatic N) is 2. The minimum atomic E-state index is -0.349. The van der Waals surface area contributed by atoms with Gasteiger partial charge in [0.15, 0.2) is 5.82 Å². The summed E-state index contributed by atoms with van der Waals surface area (Å²) >= 11 is 0. The summed E-state index contributed by atoms with van der Waals surface area (Å²) in [6.45, 7) is 0. The van der Waals surface area contributed by atoms with E-state index in [0.717, 1.165) is 11.1 Å². The number of ether oxygens (including phenoxy) is 2. The zero-order valence-corrected chi connectivity index (χ0v) is 20.4. The lowest BCUT2D eigenvalue weighted by Gasteiger charge is -2.12. The highest BCUT2D eigenvalue weighted by Crippen LogP contribution is 2.36. The maximum absolute atomic E-state index is 14.0. The Bertz CT molecular complexity index is 1540. The van der Waals surface area contributed by atoms with E-state index in [0.29, 0.717) is 34.0 Å². The molecule has 0 saturated heterocycles. The second kappa shape index (κ2) is 10.3. The van der Waals surface area contributed by atoms with Gasteiger partial charge in [0.05, 0.1) is 25.6 Å². The van der Waals surface area contributed by atoms with Gasteiger partial charge < -0.3 is 9.47 Å². The van der Waals surface area contributed by atoms with E-state index >= 15 is 0 Å². The maximum atomic E-state index is 14.0. The predicted octanol–water partition coefficient (Wildman–Crippen LogP) is 6.15. The first-order valence-corrected chi connectivity index (χ1v) is 11.7. The molecule has 0 radical (unpaired) electrons. The smallest absolute Gasteiger partial charge is 0.264 e. The summed E-state index contributed by atoms with van der Waals surface area (Å²) in [6, 6.07) is 32.4. The standard InChI is InChI=1S/C31H24N2O4/c1-36-25-17-13-21(14-18-25)27-28(22-15-19-26(37-2)20-16-22)33(31(35)24-11-7-4-8-12-24)30(32-27)29(34)23-9-5-3-6-10-23/h3-20H,1-2H3. The zero-order chi connectivity index (χ0) is 25.8. The van der Waals surface area contributed by atoms with Gasteiger partial charge in [-0.3, -0.25) is 14.2 Å². The van der Waals surface area contributed by atoms with Crippen molar-refractivity contribution in [2.75, 3.05) is 14.2 Å². The Morgan fingerprint density at radius 1 is 0.622 bits per heavy atom. The van der Waals surface area contributed by atoms with Crippen molar-refractivity contribution in [1.29, 1.82) is 0 Å². The summed E-state index contributed by atoms with van der Waals surface area (Å²) in [4.78, 5) is 32.5. The van der Waals surface area contributed by atoms with E-state index in [1.54, 1.807) is 62.8 Å². The Kier molecular flexibility index (Phi) is 6.64. The molecule has 0 amide bonds. The van der Waals surface area contributed by atoms with Gasteiger partial charge in [-0.05, 0) is 60.7 Å². The molecule has 182 valence electrons. The van der Waals surface area contributed by atoms with Crippen LogP contribution in [0, 0.1) is 0 Å². The molecule has 4 aromatic carbocycles. The van der Waals surface area contributed by atoms with E-state index < -0.39 is 0 Å². The number of carbonyl (C=O) groups is 2. The molecule has 0 N–H and O–H groups in total. The predicted molar refractivity (Wildman–Crippen MR) is 142 cm³/mol. The summed E-state index contributed by atoms with van der Waals surface area (Å²) in [5, 5.41) is 0. The third-order valence-electron chi connectivity index (χ3n) is 6.07. The van der Waals surface area contributed by atoms with E-state index in [4.69, 9.17) is 14.5 Å². The highest BCUT2D eigenvalue weighted by Gasteiger charge is 2.29. The van der Waals surface area contributed by atoms with Crippen molar-refractivity contribution >= 4 is 11.7 Å².